The van der Waals surface area contributed by atoms with Crippen molar-refractivity contribution in [1.82, 2.24) is 9.13 Å². The zero-order valence-corrected chi connectivity index (χ0v) is 40.1. The number of benzene rings is 4. The molecule has 2 unspecified atom stereocenters. The molecule has 6 aromatic rings. The number of carboxylic acids is 2. The van der Waals surface area contributed by atoms with Crippen molar-refractivity contribution in [2.24, 2.45) is 0 Å². The molecule has 340 valence electrons. The van der Waals surface area contributed by atoms with Gasteiger partial charge in [0, 0.05) is 92.7 Å². The van der Waals surface area contributed by atoms with Crippen molar-refractivity contribution in [3.8, 4) is 34.0 Å². The van der Waals surface area contributed by atoms with E-state index in [-0.39, 0.29) is 60.6 Å². The Morgan fingerprint density at radius 3 is 1.20 bits per heavy atom. The molecule has 0 spiro atoms. The van der Waals surface area contributed by atoms with Crippen LogP contribution in [0.2, 0.25) is 0 Å². The van der Waals surface area contributed by atoms with Crippen LogP contribution in [-0.2, 0) is 66.5 Å². The van der Waals surface area contributed by atoms with Crippen molar-refractivity contribution >= 4 is 56.6 Å². The van der Waals surface area contributed by atoms with E-state index in [4.69, 9.17) is 29.9 Å². The Balaban J connectivity index is 0.000000312. The standard InChI is InChI=1S/2C25H29NO5S.Mg/c2*1-4-30-24(25(27)28)17-19-6-10-21(11-7-19)31-16-15-26-18(2)5-14-23(26)20-8-12-22(13-9-20)32(3)29;/h2*5-14,24H,4,15-17H2,1-3H3,(H,27,28);/q;;+2/p-2/t2*24-,32?;/m00./s1/i2*15D2,16D2;. The zero-order valence-electron chi connectivity index (χ0n) is 45.0. The Kier molecular flexibility index (Phi) is 16.7. The largest absolute Gasteiger partial charge is 2.00 e. The summed E-state index contributed by atoms with van der Waals surface area (Å²) in [4.78, 5) is 23.7. The Bertz CT molecular complexity index is 2650. The number of ether oxygens (including phenoxy) is 4. The molecule has 4 aromatic carbocycles. The van der Waals surface area contributed by atoms with E-state index in [9.17, 15) is 28.2 Å². The average molecular weight is 941 g/mol. The van der Waals surface area contributed by atoms with Crippen LogP contribution in [0.25, 0.3) is 22.5 Å². The number of aromatic nitrogens is 2. The van der Waals surface area contributed by atoms with Crippen molar-refractivity contribution in [1.29, 1.82) is 0 Å². The molecule has 0 aliphatic rings. The molecular formula is C50H56MgN2O10S2. The molecular weight excluding hydrogens is 877 g/mol. The zero-order chi connectivity index (χ0) is 53.3. The van der Waals surface area contributed by atoms with Crippen LogP contribution in [0.5, 0.6) is 11.5 Å². The smallest absolute Gasteiger partial charge is 0.547 e. The topological polar surface area (TPSA) is 161 Å². The Labute approximate surface area is 414 Å². The molecule has 0 radical (unpaired) electrons. The van der Waals surface area contributed by atoms with Crippen LogP contribution in [0.4, 0.5) is 0 Å². The maximum Gasteiger partial charge on any atom is 2.00 e. The summed E-state index contributed by atoms with van der Waals surface area (Å²) in [6.07, 6.45) is 1.06. The van der Waals surface area contributed by atoms with Crippen LogP contribution in [-0.4, -0.2) is 104 Å². The molecule has 0 bridgehead atoms. The molecule has 2 aromatic heterocycles. The van der Waals surface area contributed by atoms with Gasteiger partial charge >= 0.3 is 23.1 Å². The van der Waals surface area contributed by atoms with Gasteiger partial charge in [-0.2, -0.15) is 0 Å². The van der Waals surface area contributed by atoms with Crippen LogP contribution in [0, 0.1) is 13.8 Å². The molecule has 12 nitrogen and oxygen atoms in total. The van der Waals surface area contributed by atoms with Gasteiger partial charge < -0.3 is 47.9 Å². The van der Waals surface area contributed by atoms with Gasteiger partial charge in [-0.3, -0.25) is 8.42 Å². The van der Waals surface area contributed by atoms with E-state index in [1.165, 1.54) is 33.4 Å². The van der Waals surface area contributed by atoms with Gasteiger partial charge in [0.2, 0.25) is 0 Å². The first-order valence-corrected chi connectivity index (χ1v) is 23.3. The monoisotopic (exact) mass is 940 g/mol. The molecule has 0 aliphatic carbocycles. The fourth-order valence-electron chi connectivity index (χ4n) is 6.35. The molecule has 0 saturated heterocycles. The molecule has 65 heavy (non-hydrogen) atoms. The summed E-state index contributed by atoms with van der Waals surface area (Å²) >= 11 is 0. The van der Waals surface area contributed by atoms with Crippen LogP contribution in [0.1, 0.15) is 47.3 Å². The second kappa shape index (κ2) is 26.2. The number of nitrogens with zero attached hydrogens (tertiary/aromatic N) is 2. The van der Waals surface area contributed by atoms with Gasteiger partial charge in [0.15, 0.2) is 0 Å². The van der Waals surface area contributed by atoms with E-state index in [0.29, 0.717) is 54.8 Å². The van der Waals surface area contributed by atoms with E-state index in [1.807, 2.05) is 0 Å². The van der Waals surface area contributed by atoms with Crippen molar-refractivity contribution < 1.29 is 58.1 Å². The molecule has 2 heterocycles. The summed E-state index contributed by atoms with van der Waals surface area (Å²) in [6.45, 7) is -3.64. The van der Waals surface area contributed by atoms with Crippen molar-refractivity contribution in [3.63, 3.8) is 0 Å². The molecule has 0 aliphatic heterocycles. The van der Waals surface area contributed by atoms with Gasteiger partial charge in [0.25, 0.3) is 0 Å². The number of carbonyl (C=O) groups is 2. The number of aryl methyl sites for hydroxylation is 2. The number of hydrogen-bond acceptors (Lipinski definition) is 10. The predicted molar refractivity (Wildman–Crippen MR) is 252 cm³/mol. The minimum Gasteiger partial charge on any atom is -0.547 e. The molecule has 15 heteroatoms. The number of hydrogen-bond donors (Lipinski definition) is 0. The molecule has 0 amide bonds. The quantitative estimate of drug-likeness (QED) is 0.0788. The minimum absolute atomic E-state index is 0. The van der Waals surface area contributed by atoms with Crippen LogP contribution >= 0.6 is 0 Å². The van der Waals surface area contributed by atoms with Crippen LogP contribution in [0.3, 0.4) is 0 Å². The van der Waals surface area contributed by atoms with E-state index in [0.717, 1.165) is 0 Å². The van der Waals surface area contributed by atoms with Crippen LogP contribution < -0.4 is 19.7 Å². The summed E-state index contributed by atoms with van der Waals surface area (Å²) in [5.74, 6) is -2.49. The van der Waals surface area contributed by atoms with E-state index >= 15 is 0 Å². The second-order valence-electron chi connectivity index (χ2n) is 14.2. The van der Waals surface area contributed by atoms with Crippen molar-refractivity contribution in [3.05, 3.63) is 144 Å². The minimum atomic E-state index is -2.78. The molecule has 6 rings (SSSR count). The van der Waals surface area contributed by atoms with Gasteiger partial charge in [-0.15, -0.1) is 0 Å². The summed E-state index contributed by atoms with van der Waals surface area (Å²) in [6, 6.07) is 32.5. The number of aliphatic carboxylic acids is 2. The van der Waals surface area contributed by atoms with Gasteiger partial charge in [0.1, 0.15) is 36.8 Å². The normalized spacial score (nSPS) is 15.5. The van der Waals surface area contributed by atoms with E-state index in [1.54, 1.807) is 137 Å². The first-order chi connectivity index (χ1) is 33.7. The number of rotatable bonds is 22. The number of carboxylic acid groups (broad SMARTS) is 2. The van der Waals surface area contributed by atoms with E-state index in [2.05, 4.69) is 0 Å². The second-order valence-corrected chi connectivity index (χ2v) is 17.0. The van der Waals surface area contributed by atoms with Gasteiger partial charge in [-0.05, 0) is 123 Å². The van der Waals surface area contributed by atoms with Gasteiger partial charge in [-0.25, -0.2) is 0 Å². The summed E-state index contributed by atoms with van der Waals surface area (Å²) in [7, 11) is -2.31. The number of carbonyl (C=O) groups excluding carboxylic acids is 2. The Morgan fingerprint density at radius 1 is 0.569 bits per heavy atom. The van der Waals surface area contributed by atoms with E-state index < -0.39 is 71.9 Å². The molecule has 0 N–H and O–H groups in total. The first kappa shape index (κ1) is 41.4. The molecule has 4 atom stereocenters. The van der Waals surface area contributed by atoms with Crippen molar-refractivity contribution in [2.45, 2.75) is 75.5 Å². The fraction of sp³-hybridized carbons (Fsp3) is 0.320. The third-order valence-electron chi connectivity index (χ3n) is 9.72. The average Bonchev–Trinajstić information content (AvgIpc) is 3.92. The first-order valence-electron chi connectivity index (χ1n) is 24.2. The molecule has 0 fully saturated rings. The maximum absolute atomic E-state index is 11.7. The predicted octanol–water partition coefficient (Wildman–Crippen LogP) is 5.57. The summed E-state index contributed by atoms with van der Waals surface area (Å²) in [5.41, 5.74) is 4.38. The fourth-order valence-corrected chi connectivity index (χ4v) is 7.39. The van der Waals surface area contributed by atoms with Gasteiger partial charge in [-0.1, -0.05) is 48.5 Å². The third-order valence-corrected chi connectivity index (χ3v) is 11.6. The Hall–Kier alpha value is -5.03. The van der Waals surface area contributed by atoms with Crippen molar-refractivity contribution in [2.75, 3.05) is 38.8 Å². The third kappa shape index (κ3) is 15.5. The Morgan fingerprint density at radius 2 is 0.908 bits per heavy atom. The summed E-state index contributed by atoms with van der Waals surface area (Å²) in [5, 5.41) is 22.4. The molecule has 0 saturated carbocycles. The van der Waals surface area contributed by atoms with Crippen LogP contribution in [0.15, 0.2) is 131 Å². The summed E-state index contributed by atoms with van der Waals surface area (Å²) < 4.78 is 116. The van der Waals surface area contributed by atoms with Gasteiger partial charge in [0.05, 0.1) is 35.9 Å². The SMILES string of the molecule is [2H]C([2H])(Oc1ccc(C[C@H](OCC)C(=O)[O-])cc1)C([2H])([2H])n1c(C)ccc1-c1ccc(S(C)=O)cc1.[2H]C([2H])(Oc1ccc(C[C@H](OCC)C(=O)[O-])cc1)C([2H])([2H])n1c(C)ccc1-c1ccc(S(C)=O)cc1.[Mg+2]. The maximum atomic E-state index is 11.7.